The first-order valence-corrected chi connectivity index (χ1v) is 10.2. The fourth-order valence-corrected chi connectivity index (χ4v) is 3.34. The predicted molar refractivity (Wildman–Crippen MR) is 121 cm³/mol. The van der Waals surface area contributed by atoms with Crippen molar-refractivity contribution < 1.29 is 14.6 Å². The van der Waals surface area contributed by atoms with Crippen LogP contribution in [0.5, 0.6) is 5.75 Å². The topological polar surface area (TPSA) is 160 Å². The second-order valence-corrected chi connectivity index (χ2v) is 8.21. The molecule has 0 amide bonds. The number of rotatable bonds is 5. The molecule has 0 fully saturated rings. The van der Waals surface area contributed by atoms with Gasteiger partial charge in [0.05, 0.1) is 30.1 Å². The number of hydrogen-bond donors (Lipinski definition) is 3. The number of benzene rings is 1. The van der Waals surface area contributed by atoms with Crippen molar-refractivity contribution in [2.24, 2.45) is 0 Å². The summed E-state index contributed by atoms with van der Waals surface area (Å²) in [5.74, 6) is -1.16. The van der Waals surface area contributed by atoms with Crippen LogP contribution in [-0.4, -0.2) is 40.2 Å². The lowest BCUT2D eigenvalue weighted by Gasteiger charge is -2.17. The van der Waals surface area contributed by atoms with Crippen LogP contribution < -0.4 is 5.73 Å². The van der Waals surface area contributed by atoms with Gasteiger partial charge in [-0.25, -0.2) is 24.0 Å². The zero-order chi connectivity index (χ0) is 24.6. The summed E-state index contributed by atoms with van der Waals surface area (Å²) in [5.41, 5.74) is 6.80. The summed E-state index contributed by atoms with van der Waals surface area (Å²) in [5, 5.41) is 37.6. The number of halogens is 1. The van der Waals surface area contributed by atoms with Gasteiger partial charge in [-0.15, -0.1) is 5.10 Å². The maximum Gasteiger partial charge on any atom is 0.193 e. The molecule has 0 aliphatic carbocycles. The molecule has 0 unspecified atom stereocenters. The minimum atomic E-state index is -1.20. The largest absolute Gasteiger partial charge is 0.506 e. The van der Waals surface area contributed by atoms with Gasteiger partial charge in [-0.1, -0.05) is 17.3 Å². The van der Waals surface area contributed by atoms with E-state index < -0.39 is 11.4 Å². The van der Waals surface area contributed by atoms with Crippen molar-refractivity contribution in [2.45, 2.75) is 32.9 Å². The average molecular weight is 460 g/mol. The minimum Gasteiger partial charge on any atom is -0.506 e. The van der Waals surface area contributed by atoms with Crippen LogP contribution >= 0.6 is 0 Å². The maximum atomic E-state index is 14.9. The Hall–Kier alpha value is -4.43. The first-order chi connectivity index (χ1) is 16.1. The molecule has 4 aromatic rings. The molecule has 10 nitrogen and oxygen atoms in total. The van der Waals surface area contributed by atoms with E-state index in [1.54, 1.807) is 39.0 Å². The van der Waals surface area contributed by atoms with E-state index in [1.165, 1.54) is 23.0 Å². The van der Waals surface area contributed by atoms with Gasteiger partial charge in [-0.2, -0.15) is 5.26 Å². The second kappa shape index (κ2) is 8.49. The van der Waals surface area contributed by atoms with Gasteiger partial charge in [-0.05, 0) is 44.5 Å². The number of nitrogens with zero attached hydrogens (tertiary/aromatic N) is 7. The second-order valence-electron chi connectivity index (χ2n) is 8.21. The number of hydrogen-bond acceptors (Lipinski definition) is 9. The van der Waals surface area contributed by atoms with Gasteiger partial charge < -0.3 is 15.9 Å². The van der Waals surface area contributed by atoms with Crippen molar-refractivity contribution in [2.75, 3.05) is 5.73 Å². The van der Waals surface area contributed by atoms with E-state index >= 15 is 0 Å². The standard InChI is InChI=1S/C23H21FN8O2/c1-12-13(9-25)5-4-6-14(12)22-28-20(19(24)21(26)29-22)16-11-32(31-30-16)10-15-17(33)7-8-18(27-15)23(2,3)34/h4-8,11,33-34H,10H2,1-3H3,(H2,26,28,29). The van der Waals surface area contributed by atoms with Gasteiger partial charge in [0.1, 0.15) is 28.4 Å². The summed E-state index contributed by atoms with van der Waals surface area (Å²) in [6, 6.07) is 10.1. The van der Waals surface area contributed by atoms with E-state index in [-0.39, 0.29) is 41.0 Å². The van der Waals surface area contributed by atoms with Crippen LogP contribution in [0.25, 0.3) is 22.8 Å². The lowest BCUT2D eigenvalue weighted by atomic mass is 10.0. The number of pyridine rings is 1. The molecule has 34 heavy (non-hydrogen) atoms. The zero-order valence-electron chi connectivity index (χ0n) is 18.7. The van der Waals surface area contributed by atoms with Crippen molar-refractivity contribution in [1.29, 1.82) is 5.26 Å². The molecule has 4 N–H and O–H groups in total. The van der Waals surface area contributed by atoms with E-state index in [2.05, 4.69) is 31.3 Å². The van der Waals surface area contributed by atoms with Gasteiger partial charge in [0.25, 0.3) is 0 Å². The number of aromatic hydroxyl groups is 1. The SMILES string of the molecule is Cc1c(C#N)cccc1-c1nc(N)c(F)c(-c2cn(Cc3nc(C(C)(C)O)ccc3O)nn2)n1. The molecule has 0 aliphatic heterocycles. The van der Waals surface area contributed by atoms with Gasteiger partial charge in [0.15, 0.2) is 17.5 Å². The van der Waals surface area contributed by atoms with Crippen LogP contribution in [0.2, 0.25) is 0 Å². The number of aromatic nitrogens is 6. The number of anilines is 1. The third kappa shape index (κ3) is 4.26. The van der Waals surface area contributed by atoms with E-state index in [1.807, 2.05) is 0 Å². The van der Waals surface area contributed by atoms with Crippen molar-refractivity contribution in [3.63, 3.8) is 0 Å². The Morgan fingerprint density at radius 3 is 2.65 bits per heavy atom. The summed E-state index contributed by atoms with van der Waals surface area (Å²) in [6.07, 6.45) is 1.44. The Morgan fingerprint density at radius 2 is 1.94 bits per heavy atom. The third-order valence-corrected chi connectivity index (χ3v) is 5.24. The number of nitriles is 1. The van der Waals surface area contributed by atoms with Crippen molar-refractivity contribution >= 4 is 5.82 Å². The van der Waals surface area contributed by atoms with E-state index in [4.69, 9.17) is 5.73 Å². The summed E-state index contributed by atoms with van der Waals surface area (Å²) in [4.78, 5) is 12.6. The first kappa shape index (κ1) is 22.8. The quantitative estimate of drug-likeness (QED) is 0.407. The van der Waals surface area contributed by atoms with E-state index in [9.17, 15) is 19.9 Å². The third-order valence-electron chi connectivity index (χ3n) is 5.24. The Bertz CT molecular complexity index is 1440. The molecule has 172 valence electrons. The molecular weight excluding hydrogens is 439 g/mol. The minimum absolute atomic E-state index is 0.0150. The van der Waals surface area contributed by atoms with Gasteiger partial charge >= 0.3 is 0 Å². The maximum absolute atomic E-state index is 14.9. The Balaban J connectivity index is 1.72. The lowest BCUT2D eigenvalue weighted by Crippen LogP contribution is -2.18. The van der Waals surface area contributed by atoms with Crippen LogP contribution in [0.1, 0.15) is 36.4 Å². The van der Waals surface area contributed by atoms with Gasteiger partial charge in [0, 0.05) is 5.56 Å². The summed E-state index contributed by atoms with van der Waals surface area (Å²) in [6.45, 7) is 4.92. The molecule has 4 rings (SSSR count). The van der Waals surface area contributed by atoms with E-state index in [0.29, 0.717) is 22.4 Å². The molecular formula is C23H21FN8O2. The molecule has 3 heterocycles. The van der Waals surface area contributed by atoms with Crippen LogP contribution in [0, 0.1) is 24.1 Å². The van der Waals surface area contributed by atoms with Crippen LogP contribution in [0.3, 0.4) is 0 Å². The van der Waals surface area contributed by atoms with Gasteiger partial charge in [0.2, 0.25) is 0 Å². The van der Waals surface area contributed by atoms with Crippen LogP contribution in [-0.2, 0) is 12.1 Å². The fraction of sp³-hybridized carbons (Fsp3) is 0.217. The van der Waals surface area contributed by atoms with Crippen LogP contribution in [0.15, 0.2) is 36.5 Å². The number of nitrogen functional groups attached to an aromatic ring is 1. The molecule has 0 radical (unpaired) electrons. The Morgan fingerprint density at radius 1 is 1.18 bits per heavy atom. The molecule has 0 aliphatic rings. The van der Waals surface area contributed by atoms with Crippen LogP contribution in [0.4, 0.5) is 10.2 Å². The average Bonchev–Trinajstić information content (AvgIpc) is 3.25. The molecule has 0 saturated carbocycles. The Kier molecular flexibility index (Phi) is 5.68. The highest BCUT2D eigenvalue weighted by molar-refractivity contribution is 5.69. The first-order valence-electron chi connectivity index (χ1n) is 10.2. The highest BCUT2D eigenvalue weighted by atomic mass is 19.1. The molecule has 1 aromatic carbocycles. The van der Waals surface area contributed by atoms with Crippen molar-refractivity contribution in [3.8, 4) is 34.6 Å². The number of aliphatic hydroxyl groups is 1. The zero-order valence-corrected chi connectivity index (χ0v) is 18.7. The highest BCUT2D eigenvalue weighted by Crippen LogP contribution is 2.29. The smallest absolute Gasteiger partial charge is 0.193 e. The summed E-state index contributed by atoms with van der Waals surface area (Å²) in [7, 11) is 0. The number of nitrogens with two attached hydrogens (primary N) is 1. The van der Waals surface area contributed by atoms with E-state index in [0.717, 1.165) is 0 Å². The lowest BCUT2D eigenvalue weighted by molar-refractivity contribution is 0.0735. The summed E-state index contributed by atoms with van der Waals surface area (Å²) < 4.78 is 16.2. The Labute approximate surface area is 194 Å². The monoisotopic (exact) mass is 460 g/mol. The van der Waals surface area contributed by atoms with Crippen molar-refractivity contribution in [1.82, 2.24) is 29.9 Å². The molecule has 3 aromatic heterocycles. The normalized spacial score (nSPS) is 11.4. The predicted octanol–water partition coefficient (Wildman–Crippen LogP) is 2.68. The van der Waals surface area contributed by atoms with Gasteiger partial charge in [-0.3, -0.25) is 0 Å². The summed E-state index contributed by atoms with van der Waals surface area (Å²) >= 11 is 0. The molecule has 0 saturated heterocycles. The fourth-order valence-electron chi connectivity index (χ4n) is 3.34. The highest BCUT2D eigenvalue weighted by Gasteiger charge is 2.21. The molecule has 11 heteroatoms. The molecule has 0 spiro atoms. The molecule has 0 atom stereocenters. The van der Waals surface area contributed by atoms with Crippen molar-refractivity contribution in [3.05, 3.63) is 64.9 Å². The molecule has 0 bridgehead atoms.